The molecule has 1 aromatic carbocycles. The van der Waals surface area contributed by atoms with Crippen molar-refractivity contribution in [2.45, 2.75) is 32.9 Å². The molecule has 0 bridgehead atoms. The predicted molar refractivity (Wildman–Crippen MR) is 74.4 cm³/mol. The minimum atomic E-state index is 0.300. The molecule has 1 aromatic heterocycles. The summed E-state index contributed by atoms with van der Waals surface area (Å²) in [6, 6.07) is 11.1. The molecule has 18 heavy (non-hydrogen) atoms. The number of nitrogens with zero attached hydrogens (tertiary/aromatic N) is 2. The van der Waals surface area contributed by atoms with Crippen LogP contribution in [0.25, 0.3) is 0 Å². The maximum atomic E-state index is 4.39. The van der Waals surface area contributed by atoms with Gasteiger partial charge in [-0.15, -0.1) is 0 Å². The normalized spacial score (nSPS) is 14.4. The predicted octanol–water partition coefficient (Wildman–Crippen LogP) is 3.14. The number of aromatic nitrogens is 2. The summed E-state index contributed by atoms with van der Waals surface area (Å²) in [5.74, 6) is 0. The van der Waals surface area contributed by atoms with Crippen molar-refractivity contribution in [3.8, 4) is 0 Å². The van der Waals surface area contributed by atoms with Gasteiger partial charge in [0.25, 0.3) is 0 Å². The fourth-order valence-electron chi connectivity index (χ4n) is 2.35. The molecule has 2 aromatic rings. The van der Waals surface area contributed by atoms with Crippen molar-refractivity contribution in [1.29, 1.82) is 0 Å². The average Bonchev–Trinajstić information content (AvgIpc) is 2.69. The molecule has 0 aliphatic carbocycles. The molecular formula is C15H21N3. The fourth-order valence-corrected chi connectivity index (χ4v) is 2.35. The second-order valence-corrected chi connectivity index (χ2v) is 4.86. The monoisotopic (exact) mass is 243 g/mol. The number of aryl methyl sites for hydroxylation is 2. The summed E-state index contributed by atoms with van der Waals surface area (Å²) in [4.78, 5) is 0. The van der Waals surface area contributed by atoms with Gasteiger partial charge in [-0.25, -0.2) is 0 Å². The highest BCUT2D eigenvalue weighted by molar-refractivity contribution is 5.22. The van der Waals surface area contributed by atoms with Gasteiger partial charge >= 0.3 is 0 Å². The molecule has 0 saturated carbocycles. The van der Waals surface area contributed by atoms with Crippen LogP contribution in [0.5, 0.6) is 0 Å². The molecule has 0 radical (unpaired) electrons. The van der Waals surface area contributed by atoms with Crippen molar-refractivity contribution >= 4 is 0 Å². The highest BCUT2D eigenvalue weighted by Gasteiger charge is 2.14. The van der Waals surface area contributed by atoms with Gasteiger partial charge in [-0.3, -0.25) is 4.68 Å². The van der Waals surface area contributed by atoms with Gasteiger partial charge in [0.2, 0.25) is 0 Å². The van der Waals surface area contributed by atoms with Crippen LogP contribution >= 0.6 is 0 Å². The average molecular weight is 243 g/mol. The zero-order chi connectivity index (χ0) is 13.1. The van der Waals surface area contributed by atoms with Crippen molar-refractivity contribution in [2.75, 3.05) is 0 Å². The van der Waals surface area contributed by atoms with Crippen LogP contribution in [0.4, 0.5) is 0 Å². The smallest absolute Gasteiger partial charge is 0.0641 e. The van der Waals surface area contributed by atoms with Crippen molar-refractivity contribution in [3.05, 3.63) is 53.3 Å². The summed E-state index contributed by atoms with van der Waals surface area (Å²) in [6.45, 7) is 6.43. The Bertz CT molecular complexity index is 502. The van der Waals surface area contributed by atoms with Gasteiger partial charge < -0.3 is 5.32 Å². The number of nitrogens with one attached hydrogen (secondary N) is 1. The lowest BCUT2D eigenvalue weighted by Crippen LogP contribution is -2.22. The molecule has 0 amide bonds. The maximum Gasteiger partial charge on any atom is 0.0641 e. The van der Waals surface area contributed by atoms with Crippen LogP contribution in [0.1, 0.15) is 42.8 Å². The first-order chi connectivity index (χ1) is 8.58. The number of hydrogen-bond acceptors (Lipinski definition) is 2. The van der Waals surface area contributed by atoms with E-state index in [2.05, 4.69) is 61.6 Å². The van der Waals surface area contributed by atoms with Crippen LogP contribution in [-0.2, 0) is 7.05 Å². The van der Waals surface area contributed by atoms with Crippen molar-refractivity contribution in [1.82, 2.24) is 15.1 Å². The summed E-state index contributed by atoms with van der Waals surface area (Å²) < 4.78 is 1.87. The molecule has 3 heteroatoms. The summed E-state index contributed by atoms with van der Waals surface area (Å²) in [5, 5.41) is 8.00. The molecule has 0 aliphatic heterocycles. The Kier molecular flexibility index (Phi) is 3.82. The second kappa shape index (κ2) is 5.36. The van der Waals surface area contributed by atoms with Crippen LogP contribution < -0.4 is 5.32 Å². The van der Waals surface area contributed by atoms with Gasteiger partial charge in [0, 0.05) is 30.9 Å². The molecule has 0 spiro atoms. The Balaban J connectivity index is 2.08. The first-order valence-corrected chi connectivity index (χ1v) is 6.39. The highest BCUT2D eigenvalue weighted by atomic mass is 15.3. The van der Waals surface area contributed by atoms with E-state index >= 15 is 0 Å². The lowest BCUT2D eigenvalue weighted by Gasteiger charge is -2.20. The molecule has 1 heterocycles. The molecule has 3 nitrogen and oxygen atoms in total. The SMILES string of the molecule is Cc1nn(C)cc1C(C)N[C@H](C)c1ccccc1. The van der Waals surface area contributed by atoms with E-state index in [1.165, 1.54) is 11.1 Å². The highest BCUT2D eigenvalue weighted by Crippen LogP contribution is 2.20. The minimum absolute atomic E-state index is 0.300. The molecular weight excluding hydrogens is 222 g/mol. The van der Waals surface area contributed by atoms with Gasteiger partial charge in [-0.2, -0.15) is 5.10 Å². The van der Waals surface area contributed by atoms with Gasteiger partial charge in [0.15, 0.2) is 0 Å². The van der Waals surface area contributed by atoms with E-state index < -0.39 is 0 Å². The van der Waals surface area contributed by atoms with E-state index in [1.54, 1.807) is 0 Å². The van der Waals surface area contributed by atoms with Crippen molar-refractivity contribution < 1.29 is 0 Å². The van der Waals surface area contributed by atoms with Crippen LogP contribution in [0.2, 0.25) is 0 Å². The molecule has 2 rings (SSSR count). The number of benzene rings is 1. The van der Waals surface area contributed by atoms with Crippen LogP contribution in [0.3, 0.4) is 0 Å². The summed E-state index contributed by atoms with van der Waals surface area (Å²) in [7, 11) is 1.96. The Labute approximate surface area is 109 Å². The molecule has 0 saturated heterocycles. The van der Waals surface area contributed by atoms with Gasteiger partial charge in [0.05, 0.1) is 5.69 Å². The number of hydrogen-bond donors (Lipinski definition) is 1. The van der Waals surface area contributed by atoms with E-state index in [1.807, 2.05) is 17.8 Å². The lowest BCUT2D eigenvalue weighted by atomic mass is 10.1. The van der Waals surface area contributed by atoms with Crippen LogP contribution in [0, 0.1) is 6.92 Å². The quantitative estimate of drug-likeness (QED) is 0.894. The van der Waals surface area contributed by atoms with E-state index in [-0.39, 0.29) is 0 Å². The zero-order valence-electron chi connectivity index (χ0n) is 11.5. The molecule has 1 N–H and O–H groups in total. The lowest BCUT2D eigenvalue weighted by molar-refractivity contribution is 0.493. The molecule has 96 valence electrons. The van der Waals surface area contributed by atoms with Gasteiger partial charge in [-0.05, 0) is 26.3 Å². The van der Waals surface area contributed by atoms with E-state index in [0.717, 1.165) is 5.69 Å². The Morgan fingerprint density at radius 2 is 1.78 bits per heavy atom. The largest absolute Gasteiger partial charge is 0.304 e. The maximum absolute atomic E-state index is 4.39. The van der Waals surface area contributed by atoms with Crippen molar-refractivity contribution in [2.24, 2.45) is 7.05 Å². The van der Waals surface area contributed by atoms with Gasteiger partial charge in [0.1, 0.15) is 0 Å². The third kappa shape index (κ3) is 2.79. The number of rotatable bonds is 4. The van der Waals surface area contributed by atoms with Crippen LogP contribution in [-0.4, -0.2) is 9.78 Å². The van der Waals surface area contributed by atoms with Crippen molar-refractivity contribution in [3.63, 3.8) is 0 Å². The topological polar surface area (TPSA) is 29.9 Å². The van der Waals surface area contributed by atoms with E-state index in [4.69, 9.17) is 0 Å². The summed E-state index contributed by atoms with van der Waals surface area (Å²) in [6.07, 6.45) is 2.09. The van der Waals surface area contributed by atoms with E-state index in [0.29, 0.717) is 12.1 Å². The van der Waals surface area contributed by atoms with Crippen LogP contribution in [0.15, 0.2) is 36.5 Å². The summed E-state index contributed by atoms with van der Waals surface area (Å²) in [5.41, 5.74) is 3.67. The zero-order valence-corrected chi connectivity index (χ0v) is 11.5. The summed E-state index contributed by atoms with van der Waals surface area (Å²) >= 11 is 0. The standard InChI is InChI=1S/C15H21N3/c1-11(14-8-6-5-7-9-14)16-12(2)15-10-18(4)17-13(15)3/h5-12,16H,1-4H3/t11-,12?/m1/s1. The third-order valence-corrected chi connectivity index (χ3v) is 3.32. The minimum Gasteiger partial charge on any atom is -0.304 e. The van der Waals surface area contributed by atoms with Gasteiger partial charge in [-0.1, -0.05) is 30.3 Å². The molecule has 0 aliphatic rings. The van der Waals surface area contributed by atoms with E-state index in [9.17, 15) is 0 Å². The Morgan fingerprint density at radius 3 is 2.33 bits per heavy atom. The first-order valence-electron chi connectivity index (χ1n) is 6.39. The third-order valence-electron chi connectivity index (χ3n) is 3.32. The Morgan fingerprint density at radius 1 is 1.11 bits per heavy atom. The fraction of sp³-hybridized carbons (Fsp3) is 0.400. The molecule has 1 unspecified atom stereocenters. The second-order valence-electron chi connectivity index (χ2n) is 4.86. The molecule has 2 atom stereocenters. The first kappa shape index (κ1) is 12.8. The molecule has 0 fully saturated rings. The Hall–Kier alpha value is -1.61.